The topological polar surface area (TPSA) is 99.6 Å². The zero-order valence-corrected chi connectivity index (χ0v) is 31.0. The number of hydrogen-bond acceptors (Lipinski definition) is 6. The first-order valence-corrected chi connectivity index (χ1v) is 21.0. The van der Waals surface area contributed by atoms with Crippen molar-refractivity contribution >= 4 is 43.2 Å². The van der Waals surface area contributed by atoms with E-state index in [0.717, 1.165) is 11.1 Å². The van der Waals surface area contributed by atoms with Gasteiger partial charge in [-0.1, -0.05) is 61.5 Å². The van der Waals surface area contributed by atoms with Gasteiger partial charge in [0.2, 0.25) is 14.3 Å². The van der Waals surface area contributed by atoms with Crippen molar-refractivity contribution in [3.8, 4) is 11.5 Å². The lowest BCUT2D eigenvalue weighted by molar-refractivity contribution is -0.150. The van der Waals surface area contributed by atoms with Crippen LogP contribution >= 0.6 is 0 Å². The number of fused-ring (bicyclic) bond motifs is 5. The van der Waals surface area contributed by atoms with Gasteiger partial charge in [-0.15, -0.1) is 6.58 Å². The third-order valence-electron chi connectivity index (χ3n) is 11.4. The van der Waals surface area contributed by atoms with Crippen LogP contribution in [0.15, 0.2) is 104 Å². The zero-order chi connectivity index (χ0) is 37.2. The van der Waals surface area contributed by atoms with Crippen LogP contribution in [0.5, 0.6) is 11.5 Å². The molecule has 0 unspecified atom stereocenters. The lowest BCUT2D eigenvalue weighted by Crippen LogP contribution is -2.48. The molecule has 1 N–H and O–H groups in total. The number of benzene rings is 4. The van der Waals surface area contributed by atoms with Gasteiger partial charge in [0.25, 0.3) is 11.8 Å². The van der Waals surface area contributed by atoms with Crippen LogP contribution in [0, 0.1) is 5.92 Å². The molecular formula is C42H42FN3O6Si. The van der Waals surface area contributed by atoms with Crippen LogP contribution in [-0.4, -0.2) is 61.4 Å². The Labute approximate surface area is 309 Å². The average molecular weight is 732 g/mol. The molecule has 1 fully saturated rings. The predicted octanol–water partition coefficient (Wildman–Crippen LogP) is 7.41. The molecule has 4 aliphatic heterocycles. The van der Waals surface area contributed by atoms with Gasteiger partial charge >= 0.3 is 0 Å². The van der Waals surface area contributed by atoms with Gasteiger partial charge in [0.15, 0.2) is 11.4 Å². The number of halogens is 1. The first-order chi connectivity index (χ1) is 25.5. The average Bonchev–Trinajstić information content (AvgIpc) is 3.52. The van der Waals surface area contributed by atoms with Gasteiger partial charge in [-0.05, 0) is 73.1 Å². The first-order valence-electron chi connectivity index (χ1n) is 18.1. The van der Waals surface area contributed by atoms with E-state index in [1.165, 1.54) is 0 Å². The van der Waals surface area contributed by atoms with Crippen LogP contribution < -0.4 is 14.5 Å². The van der Waals surface area contributed by atoms with E-state index in [-0.39, 0.29) is 37.3 Å². The van der Waals surface area contributed by atoms with Crippen molar-refractivity contribution in [1.82, 2.24) is 4.90 Å². The van der Waals surface area contributed by atoms with Gasteiger partial charge in [-0.25, -0.2) is 0 Å². The Morgan fingerprint density at radius 1 is 0.981 bits per heavy atom. The molecule has 0 aromatic heterocycles. The summed E-state index contributed by atoms with van der Waals surface area (Å²) in [4.78, 5) is 48.2. The number of hydrogen-bond donors (Lipinski definition) is 1. The molecule has 4 aromatic rings. The smallest absolute Gasteiger partial charge is 0.266 e. The van der Waals surface area contributed by atoms with Crippen LogP contribution in [0.1, 0.15) is 40.4 Å². The lowest BCUT2D eigenvalue weighted by Gasteiger charge is -2.37. The van der Waals surface area contributed by atoms with Crippen molar-refractivity contribution in [2.24, 2.45) is 5.92 Å². The van der Waals surface area contributed by atoms with Gasteiger partial charge in [0.1, 0.15) is 5.75 Å². The molecule has 1 saturated heterocycles. The molecule has 1 spiro atoms. The van der Waals surface area contributed by atoms with E-state index in [9.17, 15) is 19.5 Å². The van der Waals surface area contributed by atoms with E-state index < -0.39 is 37.6 Å². The van der Waals surface area contributed by atoms with Crippen LogP contribution in [0.2, 0.25) is 18.6 Å². The molecule has 9 nitrogen and oxygen atoms in total. The maximum atomic E-state index is 16.7. The van der Waals surface area contributed by atoms with Gasteiger partial charge < -0.3 is 28.5 Å². The summed E-state index contributed by atoms with van der Waals surface area (Å²) in [5.41, 5.74) is 2.21. The highest BCUT2D eigenvalue weighted by molar-refractivity contribution is 6.72. The predicted molar refractivity (Wildman–Crippen MR) is 203 cm³/mol. The largest absolute Gasteiger partial charge is 0.454 e. The molecule has 272 valence electrons. The minimum Gasteiger partial charge on any atom is -0.454 e. The molecule has 53 heavy (non-hydrogen) atoms. The standard InChI is InChI=1S/C42H42FN3O6Si/c1-5-20-44-33-19-18-29(46-34-15-9-11-17-36(34)51-35-16-10-8-14-31(35)40(46)49)22-32(33)42(41(44)50)26(2)39(53(3,4)43)37(52-42)23-38(48)45-24-28-13-7-6-12-27(28)21-30(45)25-47/h5-19,22,26,30,37,39,47H,1,20-21,23-25H2,2-4H3/t26-,30+,37+,39-,42+/m1/s1. The maximum absolute atomic E-state index is 16.7. The van der Waals surface area contributed by atoms with Crippen molar-refractivity contribution < 1.29 is 33.1 Å². The summed E-state index contributed by atoms with van der Waals surface area (Å²) in [7, 11) is -3.60. The van der Waals surface area contributed by atoms with Crippen molar-refractivity contribution in [2.45, 2.75) is 62.7 Å². The molecule has 0 bridgehead atoms. The summed E-state index contributed by atoms with van der Waals surface area (Å²) >= 11 is 0. The highest BCUT2D eigenvalue weighted by Crippen LogP contribution is 2.61. The summed E-state index contributed by atoms with van der Waals surface area (Å²) in [6, 6.07) is 27.1. The SMILES string of the molecule is C=CCN1C(=O)[C@@]2(O[C@@H](CC(=O)N3Cc4ccccc4C[C@H]3CO)[C@H]([Si](C)(C)F)[C@H]2C)c2cc(N3C(=O)c4ccccc4Oc4ccccc43)ccc21. The van der Waals surface area contributed by atoms with Crippen LogP contribution in [0.3, 0.4) is 0 Å². The Morgan fingerprint density at radius 3 is 2.42 bits per heavy atom. The Kier molecular flexibility index (Phi) is 8.63. The number of amides is 3. The Morgan fingerprint density at radius 2 is 1.68 bits per heavy atom. The van der Waals surface area contributed by atoms with E-state index in [2.05, 4.69) is 6.58 Å². The molecular weight excluding hydrogens is 690 g/mol. The number of carbonyl (C=O) groups excluding carboxylic acids is 3. The normalized spacial score (nSPS) is 24.7. The number of anilines is 3. The van der Waals surface area contributed by atoms with Gasteiger partial charge in [0, 0.05) is 35.8 Å². The van der Waals surface area contributed by atoms with Crippen molar-refractivity contribution in [1.29, 1.82) is 0 Å². The van der Waals surface area contributed by atoms with Crippen LogP contribution in [0.4, 0.5) is 21.2 Å². The van der Waals surface area contributed by atoms with Crippen LogP contribution in [-0.2, 0) is 32.9 Å². The highest BCUT2D eigenvalue weighted by Gasteiger charge is 2.67. The molecule has 5 atom stereocenters. The Balaban J connectivity index is 1.22. The number of carbonyl (C=O) groups is 3. The third-order valence-corrected chi connectivity index (χ3v) is 13.9. The summed E-state index contributed by atoms with van der Waals surface area (Å²) in [6.45, 7) is 9.24. The molecule has 4 aromatic carbocycles. The van der Waals surface area contributed by atoms with Crippen molar-refractivity contribution in [2.75, 3.05) is 23.0 Å². The first kappa shape index (κ1) is 35.0. The molecule has 4 heterocycles. The summed E-state index contributed by atoms with van der Waals surface area (Å²) in [5, 5.41) is 10.3. The second kappa shape index (κ2) is 13.1. The van der Waals surface area contributed by atoms with Crippen molar-refractivity contribution in [3.05, 3.63) is 126 Å². The van der Waals surface area contributed by atoms with E-state index in [1.807, 2.05) is 49.4 Å². The molecule has 11 heteroatoms. The second-order valence-electron chi connectivity index (χ2n) is 14.9. The zero-order valence-electron chi connectivity index (χ0n) is 30.0. The number of ether oxygens (including phenoxy) is 2. The minimum absolute atomic E-state index is 0.147. The maximum Gasteiger partial charge on any atom is 0.266 e. The summed E-state index contributed by atoms with van der Waals surface area (Å²) in [6.07, 6.45) is 1.08. The number of aliphatic hydroxyl groups excluding tert-OH is 1. The lowest BCUT2D eigenvalue weighted by atomic mass is 9.82. The summed E-state index contributed by atoms with van der Waals surface area (Å²) < 4.78 is 29.8. The number of nitrogens with zero attached hydrogens (tertiary/aromatic N) is 3. The van der Waals surface area contributed by atoms with Gasteiger partial charge in [-0.2, -0.15) is 0 Å². The van der Waals surface area contributed by atoms with E-state index in [4.69, 9.17) is 9.47 Å². The number of para-hydroxylation sites is 3. The summed E-state index contributed by atoms with van der Waals surface area (Å²) in [5.74, 6) is -0.671. The molecule has 3 amide bonds. The van der Waals surface area contributed by atoms with Gasteiger partial charge in [0.05, 0.1) is 42.1 Å². The number of aliphatic hydroxyl groups is 1. The monoisotopic (exact) mass is 731 g/mol. The molecule has 0 radical (unpaired) electrons. The molecule has 0 aliphatic carbocycles. The molecule has 8 rings (SSSR count). The Bertz CT molecular complexity index is 2150. The van der Waals surface area contributed by atoms with E-state index in [1.54, 1.807) is 82.4 Å². The fourth-order valence-corrected chi connectivity index (χ4v) is 11.6. The van der Waals surface area contributed by atoms with E-state index in [0.29, 0.717) is 52.7 Å². The number of rotatable bonds is 7. The van der Waals surface area contributed by atoms with Crippen molar-refractivity contribution in [3.63, 3.8) is 0 Å². The fraction of sp³-hybridized carbons (Fsp3) is 0.310. The molecule has 4 aliphatic rings. The van der Waals surface area contributed by atoms with Crippen LogP contribution in [0.25, 0.3) is 0 Å². The third kappa shape index (κ3) is 5.52. The highest BCUT2D eigenvalue weighted by atomic mass is 28.4. The Hall–Kier alpha value is -5.10. The molecule has 0 saturated carbocycles. The van der Waals surface area contributed by atoms with Gasteiger partial charge in [-0.3, -0.25) is 19.3 Å². The quantitative estimate of drug-likeness (QED) is 0.121. The fourth-order valence-electron chi connectivity index (χ4n) is 9.08. The second-order valence-corrected chi connectivity index (χ2v) is 18.7. The minimum atomic E-state index is -3.60. The van der Waals surface area contributed by atoms with E-state index >= 15 is 4.11 Å².